The molecule has 34 heavy (non-hydrogen) atoms. The van der Waals surface area contributed by atoms with Gasteiger partial charge in [-0.3, -0.25) is 9.59 Å². The Balaban J connectivity index is 3.31. The highest BCUT2D eigenvalue weighted by atomic mass is 16.6. The van der Waals surface area contributed by atoms with Gasteiger partial charge in [0.05, 0.1) is 13.2 Å². The van der Waals surface area contributed by atoms with Crippen molar-refractivity contribution in [2.24, 2.45) is 0 Å². The molecule has 2 atom stereocenters. The number of hydrogen-bond donors (Lipinski definition) is 4. The number of alkyl carbamates (subject to hydrolysis) is 1. The van der Waals surface area contributed by atoms with Crippen LogP contribution in [0.25, 0.3) is 0 Å². The fraction of sp³-hybridized carbons (Fsp3) is 0.640. The molecule has 1 rings (SSSR count). The normalized spacial score (nSPS) is 13.1. The molecule has 3 amide bonds. The maximum absolute atomic E-state index is 13.4. The lowest BCUT2D eigenvalue weighted by Gasteiger charge is -2.34. The minimum absolute atomic E-state index is 0.161. The van der Waals surface area contributed by atoms with Crippen molar-refractivity contribution in [1.29, 1.82) is 0 Å². The van der Waals surface area contributed by atoms with E-state index in [-0.39, 0.29) is 6.54 Å². The number of unbranched alkanes of at least 4 members (excludes halogenated alkanes) is 2. The summed E-state index contributed by atoms with van der Waals surface area (Å²) in [5.74, 6) is -1.09. The summed E-state index contributed by atoms with van der Waals surface area (Å²) in [5.41, 5.74) is 1.63. The zero-order chi connectivity index (χ0) is 25.9. The van der Waals surface area contributed by atoms with Crippen LogP contribution in [0.3, 0.4) is 0 Å². The molecule has 9 nitrogen and oxygen atoms in total. The molecule has 0 spiro atoms. The third kappa shape index (κ3) is 9.69. The van der Waals surface area contributed by atoms with Gasteiger partial charge in [0.1, 0.15) is 17.7 Å². The van der Waals surface area contributed by atoms with Crippen LogP contribution in [0, 0.1) is 13.8 Å². The number of carbonyl (C=O) groups is 3. The third-order valence-electron chi connectivity index (χ3n) is 4.99. The number of ether oxygens (including phenoxy) is 1. The maximum Gasteiger partial charge on any atom is 0.408 e. The maximum atomic E-state index is 13.4. The zero-order valence-electron chi connectivity index (χ0n) is 21.3. The smallest absolute Gasteiger partial charge is 0.408 e. The average Bonchev–Trinajstić information content (AvgIpc) is 2.72. The quantitative estimate of drug-likeness (QED) is 0.341. The second-order valence-electron chi connectivity index (χ2n) is 9.46. The molecule has 192 valence electrons. The highest BCUT2D eigenvalue weighted by Gasteiger charge is 2.36. The molecule has 4 N–H and O–H groups in total. The number of aliphatic hydroxyl groups excluding tert-OH is 2. The first-order valence-corrected chi connectivity index (χ1v) is 11.8. The Morgan fingerprint density at radius 1 is 1.06 bits per heavy atom. The van der Waals surface area contributed by atoms with Crippen LogP contribution in [0.2, 0.25) is 0 Å². The third-order valence-corrected chi connectivity index (χ3v) is 4.99. The fourth-order valence-corrected chi connectivity index (χ4v) is 3.63. The van der Waals surface area contributed by atoms with Crippen LogP contribution in [0.15, 0.2) is 18.2 Å². The molecule has 1 aromatic rings. The van der Waals surface area contributed by atoms with Gasteiger partial charge in [-0.1, -0.05) is 49.1 Å². The van der Waals surface area contributed by atoms with E-state index in [1.54, 1.807) is 20.8 Å². The van der Waals surface area contributed by atoms with Crippen molar-refractivity contribution in [1.82, 2.24) is 15.5 Å². The summed E-state index contributed by atoms with van der Waals surface area (Å²) >= 11 is 0. The number of benzene rings is 1. The highest BCUT2D eigenvalue weighted by molar-refractivity contribution is 5.92. The number of amides is 3. The summed E-state index contributed by atoms with van der Waals surface area (Å²) in [4.78, 5) is 40.2. The summed E-state index contributed by atoms with van der Waals surface area (Å²) in [6.07, 6.45) is 1.89. The molecule has 0 radical (unpaired) electrons. The van der Waals surface area contributed by atoms with Gasteiger partial charge >= 0.3 is 6.09 Å². The first kappa shape index (κ1) is 29.4. The summed E-state index contributed by atoms with van der Waals surface area (Å²) in [6.45, 7) is 10.1. The predicted octanol–water partition coefficient (Wildman–Crippen LogP) is 2.36. The topological polar surface area (TPSA) is 128 Å². The van der Waals surface area contributed by atoms with Crippen LogP contribution < -0.4 is 10.6 Å². The molecule has 0 aliphatic heterocycles. The second-order valence-corrected chi connectivity index (χ2v) is 9.46. The van der Waals surface area contributed by atoms with Gasteiger partial charge in [-0.05, 0) is 46.6 Å². The number of rotatable bonds is 12. The first-order chi connectivity index (χ1) is 15.9. The average molecular weight is 480 g/mol. The van der Waals surface area contributed by atoms with Crippen LogP contribution in [-0.4, -0.2) is 71.0 Å². The molecule has 0 saturated carbocycles. The van der Waals surface area contributed by atoms with Crippen molar-refractivity contribution < 1.29 is 29.3 Å². The van der Waals surface area contributed by atoms with Gasteiger partial charge in [-0.25, -0.2) is 4.79 Å². The Morgan fingerprint density at radius 2 is 1.68 bits per heavy atom. The van der Waals surface area contributed by atoms with E-state index in [1.165, 1.54) is 4.90 Å². The molecule has 0 aromatic heterocycles. The number of aliphatic hydroxyl groups is 2. The number of nitrogens with zero attached hydrogens (tertiary/aromatic N) is 1. The predicted molar refractivity (Wildman–Crippen MR) is 130 cm³/mol. The standard InChI is InChI=1S/C25H41N3O6/c1-7-8-9-10-26-22(31)21(19-14-17(2)13-18(3)15-19)28(11-12-29)23(32)20(16-30)27-24(33)34-25(4,5)6/h13-15,20-21,29-30H,7-12,16H2,1-6H3,(H,26,31)(H,27,33). The van der Waals surface area contributed by atoms with Gasteiger partial charge in [0, 0.05) is 13.1 Å². The number of nitrogens with one attached hydrogen (secondary N) is 2. The lowest BCUT2D eigenvalue weighted by Crippen LogP contribution is -2.55. The van der Waals surface area contributed by atoms with E-state index in [0.29, 0.717) is 12.1 Å². The van der Waals surface area contributed by atoms with Crippen molar-refractivity contribution in [3.8, 4) is 0 Å². The van der Waals surface area contributed by atoms with E-state index in [4.69, 9.17) is 4.74 Å². The van der Waals surface area contributed by atoms with E-state index in [1.807, 2.05) is 32.0 Å². The van der Waals surface area contributed by atoms with Gasteiger partial charge in [0.15, 0.2) is 0 Å². The van der Waals surface area contributed by atoms with Gasteiger partial charge in [-0.15, -0.1) is 0 Å². The summed E-state index contributed by atoms with van der Waals surface area (Å²) in [7, 11) is 0. The SMILES string of the molecule is CCCCCNC(=O)C(c1cc(C)cc(C)c1)N(CCO)C(=O)C(CO)NC(=O)OC(C)(C)C. The van der Waals surface area contributed by atoms with Gasteiger partial charge in [-0.2, -0.15) is 0 Å². The molecular weight excluding hydrogens is 438 g/mol. The molecule has 2 unspecified atom stereocenters. The number of aryl methyl sites for hydroxylation is 2. The summed E-state index contributed by atoms with van der Waals surface area (Å²) in [5, 5.41) is 24.8. The first-order valence-electron chi connectivity index (χ1n) is 11.8. The van der Waals surface area contributed by atoms with Crippen molar-refractivity contribution in [2.45, 2.75) is 78.5 Å². The molecule has 0 fully saturated rings. The van der Waals surface area contributed by atoms with Gasteiger partial charge in [0.25, 0.3) is 0 Å². The van der Waals surface area contributed by atoms with Crippen LogP contribution >= 0.6 is 0 Å². The van der Waals surface area contributed by atoms with E-state index < -0.39 is 48.8 Å². The van der Waals surface area contributed by atoms with Crippen LogP contribution in [-0.2, 0) is 14.3 Å². The fourth-order valence-electron chi connectivity index (χ4n) is 3.63. The Morgan fingerprint density at radius 3 is 2.18 bits per heavy atom. The van der Waals surface area contributed by atoms with Gasteiger partial charge in [0.2, 0.25) is 11.8 Å². The minimum Gasteiger partial charge on any atom is -0.444 e. The summed E-state index contributed by atoms with van der Waals surface area (Å²) < 4.78 is 5.20. The molecule has 1 aromatic carbocycles. The zero-order valence-corrected chi connectivity index (χ0v) is 21.3. The van der Waals surface area contributed by atoms with E-state index in [0.717, 1.165) is 30.4 Å². The molecule has 0 bridgehead atoms. The van der Waals surface area contributed by atoms with Gasteiger partial charge < -0.3 is 30.5 Å². The van der Waals surface area contributed by atoms with Crippen molar-refractivity contribution in [3.05, 3.63) is 34.9 Å². The second kappa shape index (κ2) is 13.9. The van der Waals surface area contributed by atoms with E-state index >= 15 is 0 Å². The van der Waals surface area contributed by atoms with E-state index in [2.05, 4.69) is 17.6 Å². The monoisotopic (exact) mass is 479 g/mol. The Labute approximate surface area is 202 Å². The number of hydrogen-bond acceptors (Lipinski definition) is 6. The van der Waals surface area contributed by atoms with E-state index in [9.17, 15) is 24.6 Å². The highest BCUT2D eigenvalue weighted by Crippen LogP contribution is 2.25. The molecule has 9 heteroatoms. The van der Waals surface area contributed by atoms with Crippen LogP contribution in [0.1, 0.15) is 69.7 Å². The van der Waals surface area contributed by atoms with Crippen molar-refractivity contribution in [3.63, 3.8) is 0 Å². The Hall–Kier alpha value is -2.65. The van der Waals surface area contributed by atoms with Crippen molar-refractivity contribution >= 4 is 17.9 Å². The Bertz CT molecular complexity index is 801. The van der Waals surface area contributed by atoms with Crippen molar-refractivity contribution in [2.75, 3.05) is 26.3 Å². The molecule has 0 aliphatic rings. The number of carbonyl (C=O) groups excluding carboxylic acids is 3. The molecule has 0 aliphatic carbocycles. The Kier molecular flexibility index (Phi) is 12.0. The molecule has 0 saturated heterocycles. The lowest BCUT2D eigenvalue weighted by atomic mass is 9.98. The largest absolute Gasteiger partial charge is 0.444 e. The van der Waals surface area contributed by atoms with Crippen LogP contribution in [0.5, 0.6) is 0 Å². The molecular formula is C25H41N3O6. The molecule has 0 heterocycles. The minimum atomic E-state index is -1.34. The van der Waals surface area contributed by atoms with Crippen LogP contribution in [0.4, 0.5) is 4.79 Å². The summed E-state index contributed by atoms with van der Waals surface area (Å²) in [6, 6.07) is 3.20. The lowest BCUT2D eigenvalue weighted by molar-refractivity contribution is -0.143.